The second-order valence-electron chi connectivity index (χ2n) is 5.68. The van der Waals surface area contributed by atoms with Gasteiger partial charge in [-0.05, 0) is 5.56 Å². The van der Waals surface area contributed by atoms with Gasteiger partial charge in [-0.25, -0.2) is 0 Å². The van der Waals surface area contributed by atoms with Crippen LogP contribution in [0.5, 0.6) is 0 Å². The zero-order chi connectivity index (χ0) is 15.8. The van der Waals surface area contributed by atoms with Gasteiger partial charge in [0.2, 0.25) is 0 Å². The summed E-state index contributed by atoms with van der Waals surface area (Å²) in [5.41, 5.74) is 1.17. The predicted molar refractivity (Wildman–Crippen MR) is 101 cm³/mol. The first kappa shape index (κ1) is 20.8. The van der Waals surface area contributed by atoms with Crippen LogP contribution in [0.1, 0.15) is 64.9 Å². The molecule has 0 fully saturated rings. The fourth-order valence-electron chi connectivity index (χ4n) is 2.24. The average Bonchev–Trinajstić information content (AvgIpc) is 2.55. The number of benzene rings is 1. The summed E-state index contributed by atoms with van der Waals surface area (Å²) in [4.78, 5) is 0. The normalized spacial score (nSPS) is 9.67. The Balaban J connectivity index is 0.000000423. The molecule has 1 rings (SSSR count). The van der Waals surface area contributed by atoms with Crippen LogP contribution in [0.4, 0.5) is 0 Å². The molecule has 0 aliphatic rings. The predicted octanol–water partition coefficient (Wildman–Crippen LogP) is 7.21. The first-order valence-corrected chi connectivity index (χ1v) is 14.8. The molecule has 0 nitrogen and oxygen atoms in total. The Morgan fingerprint density at radius 3 is 1.52 bits per heavy atom. The van der Waals surface area contributed by atoms with E-state index in [4.69, 9.17) is 0 Å². The summed E-state index contributed by atoms with van der Waals surface area (Å²) < 4.78 is 5.04. The van der Waals surface area contributed by atoms with Crippen LogP contribution in [0.25, 0.3) is 6.08 Å². The molecule has 0 amide bonds. The van der Waals surface area contributed by atoms with Gasteiger partial charge in [-0.1, -0.05) is 43.0 Å². The van der Waals surface area contributed by atoms with Gasteiger partial charge in [-0.15, -0.1) is 0 Å². The topological polar surface area (TPSA) is 0 Å². The molecule has 1 heteroatoms. The SMILES string of the molecule is C=Cc1ccccc1.CCC[CH2][Sn+]([CH2]CCC)[CH2]CCC. The molecule has 1 aromatic rings. The summed E-state index contributed by atoms with van der Waals surface area (Å²) in [6, 6.07) is 10.0. The Morgan fingerprint density at radius 2 is 1.24 bits per heavy atom. The molecule has 0 saturated heterocycles. The van der Waals surface area contributed by atoms with E-state index in [-0.39, 0.29) is 0 Å². The van der Waals surface area contributed by atoms with Crippen molar-refractivity contribution in [1.29, 1.82) is 0 Å². The maximum absolute atomic E-state index is 3.63. The van der Waals surface area contributed by atoms with Crippen molar-refractivity contribution in [2.45, 2.75) is 72.6 Å². The monoisotopic (exact) mass is 395 g/mol. The van der Waals surface area contributed by atoms with Crippen molar-refractivity contribution in [2.75, 3.05) is 0 Å². The van der Waals surface area contributed by atoms with Gasteiger partial charge < -0.3 is 0 Å². The van der Waals surface area contributed by atoms with Crippen molar-refractivity contribution in [3.8, 4) is 0 Å². The molecule has 0 heterocycles. The van der Waals surface area contributed by atoms with E-state index in [1.807, 2.05) is 36.4 Å². The number of hydrogen-bond donors (Lipinski definition) is 0. The fourth-order valence-corrected chi connectivity index (χ4v) is 11.7. The molecule has 0 aromatic heterocycles. The van der Waals surface area contributed by atoms with E-state index in [0.717, 1.165) is 0 Å². The van der Waals surface area contributed by atoms with Gasteiger partial charge in [0.15, 0.2) is 0 Å². The van der Waals surface area contributed by atoms with Gasteiger partial charge in [0, 0.05) is 0 Å². The van der Waals surface area contributed by atoms with E-state index in [0.29, 0.717) is 0 Å². The third-order valence-corrected chi connectivity index (χ3v) is 12.8. The third-order valence-electron chi connectivity index (χ3n) is 3.69. The van der Waals surface area contributed by atoms with E-state index in [9.17, 15) is 0 Å². The standard InChI is InChI=1S/C8H8.3C4H9.Sn/c1-2-8-6-4-3-5-7-8;3*1-3-4-2;/h2-7H,1H2;3*1,3-4H2,2H3;/q;;;;+1. The molecule has 1 aromatic carbocycles. The summed E-state index contributed by atoms with van der Waals surface area (Å²) in [6.07, 6.45) is 10.7. The summed E-state index contributed by atoms with van der Waals surface area (Å²) in [6.45, 7) is 10.6. The quantitative estimate of drug-likeness (QED) is 0.368. The Morgan fingerprint density at radius 1 is 0.810 bits per heavy atom. The van der Waals surface area contributed by atoms with Gasteiger partial charge in [0.05, 0.1) is 0 Å². The Labute approximate surface area is 140 Å². The maximum atomic E-state index is 3.63. The molecule has 0 saturated carbocycles. The second-order valence-corrected chi connectivity index (χ2v) is 14.2. The second kappa shape index (κ2) is 16.1. The molecular weight excluding hydrogens is 359 g/mol. The fraction of sp³-hybridized carbons (Fsp3) is 0.600. The Kier molecular flexibility index (Phi) is 15.9. The molecule has 118 valence electrons. The number of hydrogen-bond acceptors (Lipinski definition) is 0. The van der Waals surface area contributed by atoms with Crippen molar-refractivity contribution in [3.63, 3.8) is 0 Å². The molecule has 0 unspecified atom stereocenters. The molecule has 0 spiro atoms. The summed E-state index contributed by atoms with van der Waals surface area (Å²) in [7, 11) is 0. The van der Waals surface area contributed by atoms with Crippen LogP contribution < -0.4 is 0 Å². The summed E-state index contributed by atoms with van der Waals surface area (Å²) >= 11 is -0.839. The van der Waals surface area contributed by atoms with Gasteiger partial charge in [0.1, 0.15) is 0 Å². The average molecular weight is 394 g/mol. The van der Waals surface area contributed by atoms with Crippen LogP contribution in [0, 0.1) is 0 Å². The van der Waals surface area contributed by atoms with Crippen LogP contribution in [0.3, 0.4) is 0 Å². The molecule has 0 N–H and O–H groups in total. The van der Waals surface area contributed by atoms with Crippen LogP contribution in [0.15, 0.2) is 36.9 Å². The van der Waals surface area contributed by atoms with E-state index in [1.165, 1.54) is 44.1 Å². The zero-order valence-electron chi connectivity index (χ0n) is 14.5. The third kappa shape index (κ3) is 13.2. The molecule has 21 heavy (non-hydrogen) atoms. The molecule has 0 radical (unpaired) electrons. The number of rotatable bonds is 10. The van der Waals surface area contributed by atoms with Crippen molar-refractivity contribution < 1.29 is 0 Å². The molecule has 0 bridgehead atoms. The van der Waals surface area contributed by atoms with Crippen molar-refractivity contribution in [3.05, 3.63) is 42.5 Å². The van der Waals surface area contributed by atoms with Crippen LogP contribution in [0.2, 0.25) is 13.3 Å². The Bertz CT molecular complexity index is 299. The van der Waals surface area contributed by atoms with Gasteiger partial charge in [-0.3, -0.25) is 0 Å². The summed E-state index contributed by atoms with van der Waals surface area (Å²) in [5.74, 6) is 0. The van der Waals surface area contributed by atoms with Crippen LogP contribution >= 0.6 is 0 Å². The number of unbranched alkanes of at least 4 members (excludes halogenated alkanes) is 3. The van der Waals surface area contributed by atoms with Crippen molar-refractivity contribution in [2.24, 2.45) is 0 Å². The van der Waals surface area contributed by atoms with Gasteiger partial charge in [0.25, 0.3) is 0 Å². The zero-order valence-corrected chi connectivity index (χ0v) is 17.4. The van der Waals surface area contributed by atoms with E-state index in [2.05, 4.69) is 27.4 Å². The first-order valence-electron chi connectivity index (χ1n) is 8.79. The molecule has 0 aliphatic heterocycles. The summed E-state index contributed by atoms with van der Waals surface area (Å²) in [5, 5.41) is 0. The Hall–Kier alpha value is -0.241. The minimum atomic E-state index is -0.839. The first-order chi connectivity index (χ1) is 10.3. The van der Waals surface area contributed by atoms with Crippen LogP contribution in [-0.2, 0) is 0 Å². The molecule has 0 atom stereocenters. The van der Waals surface area contributed by atoms with Crippen molar-refractivity contribution in [1.82, 2.24) is 0 Å². The van der Waals surface area contributed by atoms with E-state index < -0.39 is 19.8 Å². The molecular formula is C20H35Sn+. The van der Waals surface area contributed by atoms with E-state index >= 15 is 0 Å². The van der Waals surface area contributed by atoms with Gasteiger partial charge in [-0.2, -0.15) is 0 Å². The van der Waals surface area contributed by atoms with E-state index in [1.54, 1.807) is 13.3 Å². The van der Waals surface area contributed by atoms with Crippen LogP contribution in [-0.4, -0.2) is 19.8 Å². The van der Waals surface area contributed by atoms with Crippen molar-refractivity contribution >= 4 is 25.8 Å². The molecule has 0 aliphatic carbocycles. The van der Waals surface area contributed by atoms with Gasteiger partial charge >= 0.3 is 92.4 Å². The minimum absolute atomic E-state index is 0.839.